The molecule has 9 heteroatoms. The summed E-state index contributed by atoms with van der Waals surface area (Å²) in [6.07, 6.45) is 0.806. The molecular formula is C31H31ClN4O3S. The number of thioether (sulfide) groups is 1. The molecule has 1 atom stereocenters. The van der Waals surface area contributed by atoms with E-state index in [-0.39, 0.29) is 29.4 Å². The maximum Gasteiger partial charge on any atom is 0.240 e. The van der Waals surface area contributed by atoms with Crippen LogP contribution in [0.3, 0.4) is 0 Å². The molecule has 40 heavy (non-hydrogen) atoms. The third-order valence-corrected chi connectivity index (χ3v) is 8.36. The van der Waals surface area contributed by atoms with E-state index in [1.807, 2.05) is 67.6 Å². The van der Waals surface area contributed by atoms with Crippen molar-refractivity contribution in [2.75, 3.05) is 30.9 Å². The number of hydrogen-bond donors (Lipinski definition) is 1. The molecule has 2 amide bonds. The largest absolute Gasteiger partial charge is 0.497 e. The van der Waals surface area contributed by atoms with Gasteiger partial charge in [0, 0.05) is 22.7 Å². The normalized spacial score (nSPS) is 14.9. The molecule has 0 unspecified atom stereocenters. The van der Waals surface area contributed by atoms with Crippen molar-refractivity contribution in [1.29, 1.82) is 0 Å². The van der Waals surface area contributed by atoms with Crippen LogP contribution in [-0.2, 0) is 9.59 Å². The number of methoxy groups -OCH3 is 1. The number of aromatic nitrogens is 2. The highest BCUT2D eigenvalue weighted by molar-refractivity contribution is 8.00. The number of amides is 2. The zero-order valence-electron chi connectivity index (χ0n) is 22.7. The van der Waals surface area contributed by atoms with Gasteiger partial charge in [-0.2, -0.15) is 5.10 Å². The summed E-state index contributed by atoms with van der Waals surface area (Å²) in [5.41, 5.74) is 5.45. The molecule has 2 heterocycles. The van der Waals surface area contributed by atoms with Gasteiger partial charge in [-0.05, 0) is 60.9 Å². The fourth-order valence-electron chi connectivity index (χ4n) is 4.83. The van der Waals surface area contributed by atoms with Crippen LogP contribution in [0.1, 0.15) is 35.3 Å². The fourth-order valence-corrected chi connectivity index (χ4v) is 6.25. The van der Waals surface area contributed by atoms with E-state index in [9.17, 15) is 9.59 Å². The van der Waals surface area contributed by atoms with Gasteiger partial charge in [-0.1, -0.05) is 54.9 Å². The topological polar surface area (TPSA) is 76.5 Å². The van der Waals surface area contributed by atoms with E-state index in [0.29, 0.717) is 23.1 Å². The van der Waals surface area contributed by atoms with E-state index in [0.717, 1.165) is 40.1 Å². The van der Waals surface area contributed by atoms with Crippen LogP contribution in [0.15, 0.2) is 72.8 Å². The van der Waals surface area contributed by atoms with Crippen LogP contribution in [0.25, 0.3) is 16.9 Å². The summed E-state index contributed by atoms with van der Waals surface area (Å²) >= 11 is 7.80. The van der Waals surface area contributed by atoms with Crippen LogP contribution in [0.2, 0.25) is 5.02 Å². The van der Waals surface area contributed by atoms with Crippen LogP contribution < -0.4 is 15.0 Å². The number of hydrogen-bond acceptors (Lipinski definition) is 5. The number of ether oxygens (including phenoxy) is 1. The van der Waals surface area contributed by atoms with Crippen LogP contribution >= 0.6 is 23.4 Å². The maximum absolute atomic E-state index is 13.8. The van der Waals surface area contributed by atoms with Gasteiger partial charge in [0.15, 0.2) is 0 Å². The highest BCUT2D eigenvalue weighted by Gasteiger charge is 2.38. The van der Waals surface area contributed by atoms with Crippen molar-refractivity contribution in [1.82, 2.24) is 15.1 Å². The summed E-state index contributed by atoms with van der Waals surface area (Å²) in [6, 6.07) is 23.3. The van der Waals surface area contributed by atoms with Crippen molar-refractivity contribution in [3.63, 3.8) is 0 Å². The van der Waals surface area contributed by atoms with E-state index < -0.39 is 0 Å². The Hall–Kier alpha value is -3.75. The Morgan fingerprint density at radius 3 is 2.50 bits per heavy atom. The molecule has 1 N–H and O–H groups in total. The van der Waals surface area contributed by atoms with Gasteiger partial charge in [0.25, 0.3) is 0 Å². The van der Waals surface area contributed by atoms with Crippen molar-refractivity contribution in [2.24, 2.45) is 0 Å². The molecule has 206 valence electrons. The van der Waals surface area contributed by atoms with Gasteiger partial charge in [-0.3, -0.25) is 14.5 Å². The molecule has 0 bridgehead atoms. The first-order valence-electron chi connectivity index (χ1n) is 13.2. The summed E-state index contributed by atoms with van der Waals surface area (Å²) in [5.74, 6) is 1.16. The molecule has 7 nitrogen and oxygen atoms in total. The zero-order chi connectivity index (χ0) is 28.2. The molecule has 1 aromatic heterocycles. The number of fused-ring (bicyclic) bond motifs is 1. The molecule has 0 spiro atoms. The predicted octanol–water partition coefficient (Wildman–Crippen LogP) is 6.21. The van der Waals surface area contributed by atoms with E-state index in [1.54, 1.807) is 28.5 Å². The maximum atomic E-state index is 13.8. The van der Waals surface area contributed by atoms with Gasteiger partial charge in [-0.25, -0.2) is 4.68 Å². The van der Waals surface area contributed by atoms with Gasteiger partial charge in [0.2, 0.25) is 11.8 Å². The Morgan fingerprint density at radius 1 is 1.10 bits per heavy atom. The monoisotopic (exact) mass is 574 g/mol. The second kappa shape index (κ2) is 12.2. The summed E-state index contributed by atoms with van der Waals surface area (Å²) in [5, 5.41) is 8.47. The molecule has 4 aromatic rings. The van der Waals surface area contributed by atoms with Crippen molar-refractivity contribution < 1.29 is 14.3 Å². The molecule has 5 rings (SSSR count). The molecule has 3 aromatic carbocycles. The van der Waals surface area contributed by atoms with Gasteiger partial charge < -0.3 is 10.1 Å². The summed E-state index contributed by atoms with van der Waals surface area (Å²) in [4.78, 5) is 28.4. The molecular weight excluding hydrogens is 544 g/mol. The SMILES string of the molecule is CCCNC(=O)CN1C(=O)CS[C@@H](c2ccccc2C)c2c(-c3ccc(Cl)cc3)nn(-c3ccc(OC)cc3)c21. The number of halogens is 1. The molecule has 0 radical (unpaired) electrons. The number of rotatable bonds is 8. The first-order valence-corrected chi connectivity index (χ1v) is 14.6. The number of nitrogens with one attached hydrogen (secondary N) is 1. The lowest BCUT2D eigenvalue weighted by atomic mass is 9.97. The number of anilines is 1. The highest BCUT2D eigenvalue weighted by atomic mass is 35.5. The van der Waals surface area contributed by atoms with Crippen LogP contribution in [0, 0.1) is 6.92 Å². The Bertz CT molecular complexity index is 1520. The van der Waals surface area contributed by atoms with E-state index in [2.05, 4.69) is 24.4 Å². The minimum absolute atomic E-state index is 0.102. The first-order chi connectivity index (χ1) is 19.4. The van der Waals surface area contributed by atoms with E-state index in [4.69, 9.17) is 21.4 Å². The Morgan fingerprint density at radius 2 is 1.82 bits per heavy atom. The smallest absolute Gasteiger partial charge is 0.240 e. The lowest BCUT2D eigenvalue weighted by molar-refractivity contribution is -0.122. The molecule has 0 saturated carbocycles. The zero-order valence-corrected chi connectivity index (χ0v) is 24.3. The molecule has 1 aliphatic heterocycles. The molecule has 1 aliphatic rings. The molecule has 0 saturated heterocycles. The van der Waals surface area contributed by atoms with Crippen molar-refractivity contribution in [2.45, 2.75) is 25.5 Å². The van der Waals surface area contributed by atoms with Crippen LogP contribution in [0.5, 0.6) is 5.75 Å². The van der Waals surface area contributed by atoms with Gasteiger partial charge in [0.1, 0.15) is 18.1 Å². The summed E-state index contributed by atoms with van der Waals surface area (Å²) < 4.78 is 7.16. The Balaban J connectivity index is 1.79. The number of nitrogens with zero attached hydrogens (tertiary/aromatic N) is 3. The third-order valence-electron chi connectivity index (χ3n) is 6.87. The second-order valence-corrected chi connectivity index (χ2v) is 11.1. The first kappa shape index (κ1) is 27.8. The van der Waals surface area contributed by atoms with Gasteiger partial charge in [-0.15, -0.1) is 11.8 Å². The van der Waals surface area contributed by atoms with E-state index >= 15 is 0 Å². The highest BCUT2D eigenvalue weighted by Crippen LogP contribution is 2.49. The average Bonchev–Trinajstić information content (AvgIpc) is 3.29. The van der Waals surface area contributed by atoms with E-state index in [1.165, 1.54) is 0 Å². The quantitative estimate of drug-likeness (QED) is 0.271. The minimum Gasteiger partial charge on any atom is -0.497 e. The predicted molar refractivity (Wildman–Crippen MR) is 162 cm³/mol. The second-order valence-electron chi connectivity index (χ2n) is 9.58. The van der Waals surface area contributed by atoms with Crippen molar-refractivity contribution in [3.8, 4) is 22.7 Å². The number of carbonyl (C=O) groups excluding carboxylic acids is 2. The van der Waals surface area contributed by atoms with Gasteiger partial charge >= 0.3 is 0 Å². The van der Waals surface area contributed by atoms with Gasteiger partial charge in [0.05, 0.1) is 29.5 Å². The van der Waals surface area contributed by atoms with Crippen LogP contribution in [-0.4, -0.2) is 47.5 Å². The standard InChI is InChI=1S/C31H31ClN4O3S/c1-4-17-33-26(37)18-35-27(38)19-40-30(25-8-6-5-7-20(25)2)28-29(21-9-11-22(32)12-10-21)34-36(31(28)35)23-13-15-24(39-3)16-14-23/h5-16,30H,4,17-19H2,1-3H3,(H,33,37)/t30-/m0/s1. The Kier molecular flexibility index (Phi) is 8.47. The Labute approximate surface area is 243 Å². The summed E-state index contributed by atoms with van der Waals surface area (Å²) in [6.45, 7) is 4.51. The van der Waals surface area contributed by atoms with Crippen LogP contribution in [0.4, 0.5) is 5.82 Å². The number of carbonyl (C=O) groups is 2. The van der Waals surface area contributed by atoms with Crippen molar-refractivity contribution >= 4 is 41.0 Å². The summed E-state index contributed by atoms with van der Waals surface area (Å²) in [7, 11) is 1.62. The number of benzene rings is 3. The minimum atomic E-state index is -0.212. The third kappa shape index (κ3) is 5.60. The number of aryl methyl sites for hydroxylation is 1. The lowest BCUT2D eigenvalue weighted by Crippen LogP contribution is -2.42. The lowest BCUT2D eigenvalue weighted by Gasteiger charge is -2.23. The molecule has 0 aliphatic carbocycles. The van der Waals surface area contributed by atoms with Crippen molar-refractivity contribution in [3.05, 3.63) is 94.5 Å². The molecule has 0 fully saturated rings. The average molecular weight is 575 g/mol. The fraction of sp³-hybridized carbons (Fsp3) is 0.258.